The molecule has 10 nitrogen and oxygen atoms in total. The van der Waals surface area contributed by atoms with Gasteiger partial charge in [-0.05, 0) is 66.1 Å². The summed E-state index contributed by atoms with van der Waals surface area (Å²) in [4.78, 5) is 25.4. The van der Waals surface area contributed by atoms with E-state index in [1.54, 1.807) is 49.4 Å². The van der Waals surface area contributed by atoms with E-state index >= 15 is 0 Å². The van der Waals surface area contributed by atoms with Crippen LogP contribution in [0.2, 0.25) is 0 Å². The van der Waals surface area contributed by atoms with Crippen LogP contribution < -0.4 is 32.7 Å². The lowest BCUT2D eigenvalue weighted by molar-refractivity contribution is 0.101. The third-order valence-corrected chi connectivity index (χ3v) is 5.12. The molecule has 0 bridgehead atoms. The Morgan fingerprint density at radius 3 is 1.60 bits per heavy atom. The molecule has 0 unspecified atom stereocenters. The fourth-order valence-corrected chi connectivity index (χ4v) is 3.27. The van der Waals surface area contributed by atoms with Crippen molar-refractivity contribution in [1.29, 1.82) is 10.8 Å². The minimum atomic E-state index is -0.288. The summed E-state index contributed by atoms with van der Waals surface area (Å²) in [5, 5.41) is 25.5. The highest BCUT2D eigenvalue weighted by molar-refractivity contribution is 6.08. The maximum absolute atomic E-state index is 12.7. The second kappa shape index (κ2) is 11.3. The van der Waals surface area contributed by atoms with Crippen LogP contribution in [0.1, 0.15) is 37.4 Å². The van der Waals surface area contributed by atoms with Crippen LogP contribution in [0.15, 0.2) is 66.7 Å². The van der Waals surface area contributed by atoms with E-state index in [0.29, 0.717) is 41.2 Å². The number of aryl methyl sites for hydroxylation is 1. The summed E-state index contributed by atoms with van der Waals surface area (Å²) in [6.45, 7) is 2.62. The van der Waals surface area contributed by atoms with Crippen LogP contribution in [-0.2, 0) is 13.1 Å². The van der Waals surface area contributed by atoms with Gasteiger partial charge in [0.2, 0.25) is 0 Å². The number of guanidine groups is 2. The molecule has 2 amide bonds. The van der Waals surface area contributed by atoms with Crippen molar-refractivity contribution in [2.45, 2.75) is 20.0 Å². The van der Waals surface area contributed by atoms with Crippen LogP contribution >= 0.6 is 0 Å². The van der Waals surface area contributed by atoms with Gasteiger partial charge in [-0.25, -0.2) is 0 Å². The fraction of sp³-hybridized carbons (Fsp3) is 0.120. The number of amides is 2. The van der Waals surface area contributed by atoms with E-state index in [9.17, 15) is 9.59 Å². The first-order valence-electron chi connectivity index (χ1n) is 10.8. The Hall–Kier alpha value is -4.86. The number of carbonyl (C=O) groups is 2. The van der Waals surface area contributed by atoms with Gasteiger partial charge in [0.25, 0.3) is 11.8 Å². The number of hydrogen-bond acceptors (Lipinski definition) is 4. The molecule has 3 rings (SSSR count). The van der Waals surface area contributed by atoms with E-state index in [0.717, 1.165) is 11.1 Å². The van der Waals surface area contributed by atoms with Crippen molar-refractivity contribution < 1.29 is 9.59 Å². The lowest BCUT2D eigenvalue weighted by atomic mass is 10.0. The topological polar surface area (TPSA) is 182 Å². The quantitative estimate of drug-likeness (QED) is 0.184. The SMILES string of the molecule is Cc1cc(C(=O)Nc2ccc(CNC(=N)N)cc2)ccc1C(=O)Nc1ccc(CNC(=N)N)cc1. The first kappa shape index (κ1) is 24.8. The summed E-state index contributed by atoms with van der Waals surface area (Å²) in [6, 6.07) is 19.3. The Kier molecular flexibility index (Phi) is 8.02. The average Bonchev–Trinajstić information content (AvgIpc) is 2.83. The second-order valence-electron chi connectivity index (χ2n) is 7.87. The van der Waals surface area contributed by atoms with Crippen molar-refractivity contribution in [2.24, 2.45) is 11.5 Å². The highest BCUT2D eigenvalue weighted by Crippen LogP contribution is 2.17. The standard InChI is InChI=1S/C25H28N8O2/c1-15-12-18(22(34)32-19-7-2-16(3-8-19)13-30-24(26)27)6-11-21(15)23(35)33-20-9-4-17(5-10-20)14-31-25(28)29/h2-12H,13-14H2,1H3,(H,32,34)(H,33,35)(H4,26,27,30)(H4,28,29,31). The molecule has 10 N–H and O–H groups in total. The van der Waals surface area contributed by atoms with Crippen LogP contribution in [0.4, 0.5) is 11.4 Å². The van der Waals surface area contributed by atoms with Crippen molar-refractivity contribution in [3.05, 3.63) is 94.5 Å². The molecule has 3 aromatic rings. The molecule has 0 saturated heterocycles. The van der Waals surface area contributed by atoms with Crippen LogP contribution in [0.25, 0.3) is 0 Å². The molecule has 0 fully saturated rings. The number of nitrogens with two attached hydrogens (primary N) is 2. The largest absolute Gasteiger partial charge is 0.370 e. The number of anilines is 2. The van der Waals surface area contributed by atoms with Crippen molar-refractivity contribution in [3.8, 4) is 0 Å². The third-order valence-electron chi connectivity index (χ3n) is 5.12. The van der Waals surface area contributed by atoms with Crippen molar-refractivity contribution in [3.63, 3.8) is 0 Å². The normalized spacial score (nSPS) is 10.2. The Balaban J connectivity index is 1.60. The molecule has 3 aromatic carbocycles. The Labute approximate surface area is 203 Å². The minimum Gasteiger partial charge on any atom is -0.370 e. The molecule has 10 heteroatoms. The molecule has 0 spiro atoms. The van der Waals surface area contributed by atoms with Gasteiger partial charge < -0.3 is 32.7 Å². The highest BCUT2D eigenvalue weighted by Gasteiger charge is 2.13. The maximum atomic E-state index is 12.7. The van der Waals surface area contributed by atoms with E-state index in [1.807, 2.05) is 24.3 Å². The average molecular weight is 473 g/mol. The number of rotatable bonds is 8. The highest BCUT2D eigenvalue weighted by atomic mass is 16.2. The summed E-state index contributed by atoms with van der Waals surface area (Å²) in [6.07, 6.45) is 0. The Morgan fingerprint density at radius 1 is 0.714 bits per heavy atom. The molecule has 0 aliphatic heterocycles. The van der Waals surface area contributed by atoms with E-state index in [4.69, 9.17) is 22.3 Å². The third kappa shape index (κ3) is 7.32. The molecular weight excluding hydrogens is 444 g/mol. The molecular formula is C25H28N8O2. The molecule has 0 radical (unpaired) electrons. The molecule has 0 aliphatic carbocycles. The lowest BCUT2D eigenvalue weighted by Gasteiger charge is -2.11. The summed E-state index contributed by atoms with van der Waals surface area (Å²) in [7, 11) is 0. The zero-order chi connectivity index (χ0) is 25.4. The smallest absolute Gasteiger partial charge is 0.255 e. The van der Waals surface area contributed by atoms with Gasteiger partial charge in [0.15, 0.2) is 11.9 Å². The van der Waals surface area contributed by atoms with Crippen LogP contribution in [0, 0.1) is 17.7 Å². The maximum Gasteiger partial charge on any atom is 0.255 e. The van der Waals surface area contributed by atoms with Crippen LogP contribution in [0.3, 0.4) is 0 Å². The number of nitrogens with one attached hydrogen (secondary N) is 6. The van der Waals surface area contributed by atoms with Gasteiger partial charge in [0.1, 0.15) is 0 Å². The minimum absolute atomic E-state index is 0.105. The van der Waals surface area contributed by atoms with E-state index in [1.165, 1.54) is 0 Å². The molecule has 180 valence electrons. The number of carbonyl (C=O) groups excluding carboxylic acids is 2. The van der Waals surface area contributed by atoms with Gasteiger partial charge in [-0.2, -0.15) is 0 Å². The zero-order valence-corrected chi connectivity index (χ0v) is 19.2. The number of benzene rings is 3. The predicted molar refractivity (Wildman–Crippen MR) is 137 cm³/mol. The first-order valence-corrected chi connectivity index (χ1v) is 10.8. The van der Waals surface area contributed by atoms with Crippen molar-refractivity contribution >= 4 is 35.1 Å². The molecule has 0 aromatic heterocycles. The second-order valence-corrected chi connectivity index (χ2v) is 7.87. The first-order chi connectivity index (χ1) is 16.7. The predicted octanol–water partition coefficient (Wildman–Crippen LogP) is 2.47. The van der Waals surface area contributed by atoms with Crippen LogP contribution in [0.5, 0.6) is 0 Å². The van der Waals surface area contributed by atoms with E-state index < -0.39 is 0 Å². The van der Waals surface area contributed by atoms with Crippen molar-refractivity contribution in [2.75, 3.05) is 10.6 Å². The van der Waals surface area contributed by atoms with Gasteiger partial charge in [0.05, 0.1) is 0 Å². The Bertz CT molecular complexity index is 1240. The summed E-state index contributed by atoms with van der Waals surface area (Å²) < 4.78 is 0. The van der Waals surface area contributed by atoms with Crippen LogP contribution in [-0.4, -0.2) is 23.7 Å². The summed E-state index contributed by atoms with van der Waals surface area (Å²) in [5.41, 5.74) is 15.2. The molecule has 35 heavy (non-hydrogen) atoms. The monoisotopic (exact) mass is 472 g/mol. The van der Waals surface area contributed by atoms with Gasteiger partial charge in [-0.1, -0.05) is 24.3 Å². The lowest BCUT2D eigenvalue weighted by Crippen LogP contribution is -2.29. The fourth-order valence-electron chi connectivity index (χ4n) is 3.27. The summed E-state index contributed by atoms with van der Waals surface area (Å²) in [5.74, 6) is -0.777. The molecule has 0 saturated carbocycles. The van der Waals surface area contributed by atoms with Gasteiger partial charge >= 0.3 is 0 Å². The molecule has 0 heterocycles. The molecule has 0 aliphatic rings. The number of hydrogen-bond donors (Lipinski definition) is 8. The van der Waals surface area contributed by atoms with Gasteiger partial charge in [-0.3, -0.25) is 20.4 Å². The van der Waals surface area contributed by atoms with Gasteiger partial charge in [-0.15, -0.1) is 0 Å². The van der Waals surface area contributed by atoms with Crippen molar-refractivity contribution in [1.82, 2.24) is 10.6 Å². The van der Waals surface area contributed by atoms with E-state index in [2.05, 4.69) is 21.3 Å². The Morgan fingerprint density at radius 2 is 1.17 bits per heavy atom. The molecule has 0 atom stereocenters. The summed E-state index contributed by atoms with van der Waals surface area (Å²) >= 11 is 0. The van der Waals surface area contributed by atoms with E-state index in [-0.39, 0.29) is 23.7 Å². The zero-order valence-electron chi connectivity index (χ0n) is 19.2. The van der Waals surface area contributed by atoms with Gasteiger partial charge in [0, 0.05) is 35.6 Å².